The van der Waals surface area contributed by atoms with Crippen LogP contribution >= 0.6 is 0 Å². The van der Waals surface area contributed by atoms with Gasteiger partial charge in [-0.15, -0.1) is 0 Å². The molecule has 0 radical (unpaired) electrons. The van der Waals surface area contributed by atoms with Crippen LogP contribution in [0.1, 0.15) is 140 Å². The van der Waals surface area contributed by atoms with E-state index < -0.39 is 12.3 Å². The summed E-state index contributed by atoms with van der Waals surface area (Å²) in [7, 11) is 0. The summed E-state index contributed by atoms with van der Waals surface area (Å²) >= 11 is 0. The van der Waals surface area contributed by atoms with Gasteiger partial charge in [0.25, 0.3) is 0 Å². The Bertz CT molecular complexity index is 1240. The van der Waals surface area contributed by atoms with Crippen LogP contribution in [0.2, 0.25) is 0 Å². The van der Waals surface area contributed by atoms with Gasteiger partial charge in [-0.3, -0.25) is 9.59 Å². The van der Waals surface area contributed by atoms with E-state index in [1.165, 1.54) is 82.4 Å². The number of hydrogen-bond donors (Lipinski definition) is 1. The van der Waals surface area contributed by atoms with Crippen molar-refractivity contribution in [1.82, 2.24) is 0 Å². The van der Waals surface area contributed by atoms with Crippen molar-refractivity contribution >= 4 is 17.9 Å². The van der Waals surface area contributed by atoms with Gasteiger partial charge >= 0.3 is 17.9 Å². The second-order valence-corrected chi connectivity index (χ2v) is 15.7. The molecule has 4 aliphatic rings. The molecule has 1 atom stereocenters. The van der Waals surface area contributed by atoms with Crippen LogP contribution in [0.25, 0.3) is 0 Å². The summed E-state index contributed by atoms with van der Waals surface area (Å²) in [5.74, 6) is 3.25. The maximum absolute atomic E-state index is 13.4. The number of aliphatic hydroxyl groups excluding tert-OH is 1. The third kappa shape index (κ3) is 10.7. The lowest BCUT2D eigenvalue weighted by Gasteiger charge is -2.37. The lowest BCUT2D eigenvalue weighted by Crippen LogP contribution is -2.30. The van der Waals surface area contributed by atoms with E-state index >= 15 is 0 Å². The van der Waals surface area contributed by atoms with Crippen LogP contribution < -0.4 is 9.47 Å². The molecule has 0 amide bonds. The molecule has 50 heavy (non-hydrogen) atoms. The molecule has 0 saturated heterocycles. The van der Waals surface area contributed by atoms with Gasteiger partial charge in [0, 0.05) is 0 Å². The Labute approximate surface area is 300 Å². The smallest absolute Gasteiger partial charge is 0.342 e. The fraction of sp³-hybridized carbons (Fsp3) is 0.738. The van der Waals surface area contributed by atoms with Crippen molar-refractivity contribution in [1.29, 1.82) is 0 Å². The Balaban J connectivity index is 1.17. The molecule has 5 rings (SSSR count). The lowest BCUT2D eigenvalue weighted by molar-refractivity contribution is -0.141. The van der Waals surface area contributed by atoms with Crippen LogP contribution in [0.3, 0.4) is 0 Å². The van der Waals surface area contributed by atoms with Crippen LogP contribution in [0.15, 0.2) is 30.9 Å². The van der Waals surface area contributed by atoms with E-state index in [0.717, 1.165) is 75.0 Å². The van der Waals surface area contributed by atoms with E-state index in [1.807, 2.05) is 0 Å². The van der Waals surface area contributed by atoms with Gasteiger partial charge < -0.3 is 24.1 Å². The number of carbonyl (C=O) groups excluding carboxylic acids is 3. The van der Waals surface area contributed by atoms with Gasteiger partial charge in [-0.05, 0) is 137 Å². The molecule has 4 aliphatic carbocycles. The summed E-state index contributed by atoms with van der Waals surface area (Å²) in [6.45, 7) is 7.87. The van der Waals surface area contributed by atoms with Crippen LogP contribution in [0, 0.1) is 47.3 Å². The Morgan fingerprint density at radius 2 is 1.16 bits per heavy atom. The van der Waals surface area contributed by atoms with Crippen molar-refractivity contribution in [2.75, 3.05) is 13.2 Å². The lowest BCUT2D eigenvalue weighted by atomic mass is 9.69. The van der Waals surface area contributed by atoms with Crippen molar-refractivity contribution in [3.8, 4) is 11.5 Å². The number of aliphatic hydroxyl groups is 1. The molecular weight excluding hydrogens is 632 g/mol. The largest absolute Gasteiger partial charge is 0.460 e. The Hall–Kier alpha value is -2.71. The second kappa shape index (κ2) is 19.2. The molecule has 4 saturated carbocycles. The van der Waals surface area contributed by atoms with Crippen molar-refractivity contribution in [2.24, 2.45) is 47.3 Å². The van der Waals surface area contributed by atoms with E-state index in [0.29, 0.717) is 11.8 Å². The topological polar surface area (TPSA) is 108 Å². The molecule has 1 N–H and O–H groups in total. The molecule has 0 aliphatic heterocycles. The minimum absolute atomic E-state index is 0.0145. The number of benzene rings is 1. The van der Waals surface area contributed by atoms with E-state index in [1.54, 1.807) is 6.07 Å². The summed E-state index contributed by atoms with van der Waals surface area (Å²) in [5, 5.41) is 9.56. The first-order chi connectivity index (χ1) is 24.3. The van der Waals surface area contributed by atoms with Gasteiger partial charge in [-0.1, -0.05) is 59.0 Å². The molecule has 0 spiro atoms. The highest BCUT2D eigenvalue weighted by Crippen LogP contribution is 2.44. The third-order valence-corrected chi connectivity index (χ3v) is 12.9. The molecule has 1 unspecified atom stereocenters. The molecule has 1 aromatic carbocycles. The third-order valence-electron chi connectivity index (χ3n) is 12.9. The first-order valence-corrected chi connectivity index (χ1v) is 19.9. The second-order valence-electron chi connectivity index (χ2n) is 15.7. The van der Waals surface area contributed by atoms with Gasteiger partial charge in [-0.2, -0.15) is 0 Å². The maximum atomic E-state index is 13.4. The summed E-state index contributed by atoms with van der Waals surface area (Å²) in [5.41, 5.74) is 0.0145. The zero-order chi connectivity index (χ0) is 35.5. The van der Waals surface area contributed by atoms with Crippen LogP contribution in [0.5, 0.6) is 11.5 Å². The number of esters is 3. The fourth-order valence-corrected chi connectivity index (χ4v) is 9.45. The van der Waals surface area contributed by atoms with Crippen molar-refractivity contribution in [2.45, 2.75) is 136 Å². The van der Waals surface area contributed by atoms with Gasteiger partial charge in [0.15, 0.2) is 6.29 Å². The summed E-state index contributed by atoms with van der Waals surface area (Å²) < 4.78 is 22.2. The molecule has 0 heterocycles. The molecular formula is C42H62O8. The molecule has 278 valence electrons. The zero-order valence-electron chi connectivity index (χ0n) is 30.7. The summed E-state index contributed by atoms with van der Waals surface area (Å²) in [6.07, 6.45) is 20.6. The van der Waals surface area contributed by atoms with E-state index in [-0.39, 0.29) is 54.1 Å². The van der Waals surface area contributed by atoms with Crippen LogP contribution in [0.4, 0.5) is 0 Å². The van der Waals surface area contributed by atoms with Gasteiger partial charge in [-0.25, -0.2) is 4.79 Å². The highest BCUT2D eigenvalue weighted by atomic mass is 16.6. The molecule has 0 bridgehead atoms. The van der Waals surface area contributed by atoms with E-state index in [9.17, 15) is 19.5 Å². The normalized spacial score (nSPS) is 30.9. The first-order valence-electron chi connectivity index (χ1n) is 19.9. The van der Waals surface area contributed by atoms with Crippen molar-refractivity contribution < 1.29 is 38.4 Å². The van der Waals surface area contributed by atoms with Gasteiger partial charge in [0.1, 0.15) is 23.7 Å². The Morgan fingerprint density at radius 1 is 0.700 bits per heavy atom. The Kier molecular flexibility index (Phi) is 14.8. The van der Waals surface area contributed by atoms with E-state index in [2.05, 4.69) is 20.4 Å². The standard InChI is InChI=1S/C42H62O8/c1-4-28-7-11-30(12-8-28)32-15-19-34(20-16-32)40(44)49-36-23-24-38(37(27-36)42(46)48-26-25-47-39(43)6-3)50-41(45)35-21-17-33(18-22-35)31-13-9-29(5-2)10-14-31/h6,23-24,27-35,39,43H,3-5,7-22,25-26H2,1-2H3. The maximum Gasteiger partial charge on any atom is 0.342 e. The first kappa shape index (κ1) is 38.5. The zero-order valence-corrected chi connectivity index (χ0v) is 30.7. The average Bonchev–Trinajstić information content (AvgIpc) is 3.17. The minimum atomic E-state index is -1.17. The average molecular weight is 695 g/mol. The SMILES string of the molecule is C=CC(O)OCCOC(=O)c1cc(OC(=O)C2CCC(C3CCC(CC)CC3)CC2)ccc1OC(=O)C1CCC(C2CCC(CC)CC2)CC1. The number of hydrogen-bond acceptors (Lipinski definition) is 8. The van der Waals surface area contributed by atoms with Gasteiger partial charge in [0.2, 0.25) is 0 Å². The molecule has 1 aromatic rings. The summed E-state index contributed by atoms with van der Waals surface area (Å²) in [4.78, 5) is 40.0. The molecule has 0 aromatic heterocycles. The highest BCUT2D eigenvalue weighted by Gasteiger charge is 2.35. The highest BCUT2D eigenvalue weighted by molar-refractivity contribution is 5.94. The monoisotopic (exact) mass is 694 g/mol. The quantitative estimate of drug-likeness (QED) is 0.0675. The summed E-state index contributed by atoms with van der Waals surface area (Å²) in [6, 6.07) is 4.54. The molecule has 8 heteroatoms. The Morgan fingerprint density at radius 3 is 1.62 bits per heavy atom. The van der Waals surface area contributed by atoms with Crippen molar-refractivity contribution in [3.05, 3.63) is 36.4 Å². The predicted molar refractivity (Wildman–Crippen MR) is 193 cm³/mol. The van der Waals surface area contributed by atoms with E-state index in [4.69, 9.17) is 18.9 Å². The molecule has 8 nitrogen and oxygen atoms in total. The van der Waals surface area contributed by atoms with Crippen LogP contribution in [-0.4, -0.2) is 42.5 Å². The molecule has 4 fully saturated rings. The van der Waals surface area contributed by atoms with Crippen molar-refractivity contribution in [3.63, 3.8) is 0 Å². The van der Waals surface area contributed by atoms with Crippen LogP contribution in [-0.2, 0) is 19.1 Å². The predicted octanol–water partition coefficient (Wildman–Crippen LogP) is 9.22. The van der Waals surface area contributed by atoms with Gasteiger partial charge in [0.05, 0.1) is 18.4 Å². The number of rotatable bonds is 14. The minimum Gasteiger partial charge on any atom is -0.460 e. The number of carbonyl (C=O) groups is 3. The number of ether oxygens (including phenoxy) is 4. The fourth-order valence-electron chi connectivity index (χ4n) is 9.45.